The Morgan fingerprint density at radius 3 is 2.67 bits per heavy atom. The van der Waals surface area contributed by atoms with Gasteiger partial charge >= 0.3 is 6.03 Å². The number of rotatable bonds is 6. The van der Waals surface area contributed by atoms with Gasteiger partial charge in [0.1, 0.15) is 5.82 Å². The minimum Gasteiger partial charge on any atom is -0.337 e. The Morgan fingerprint density at radius 2 is 2.04 bits per heavy atom. The lowest BCUT2D eigenvalue weighted by atomic mass is 9.84. The summed E-state index contributed by atoms with van der Waals surface area (Å²) in [4.78, 5) is 15.7. The molecule has 3 nitrogen and oxygen atoms in total. The highest BCUT2D eigenvalue weighted by molar-refractivity contribution is 7.09. The topological polar surface area (TPSA) is 32.3 Å². The van der Waals surface area contributed by atoms with Crippen LogP contribution in [0.3, 0.4) is 0 Å². The second-order valence-corrected chi connectivity index (χ2v) is 7.99. The Bertz CT molecular complexity index is 695. The zero-order valence-corrected chi connectivity index (χ0v) is 14.9. The third-order valence-corrected chi connectivity index (χ3v) is 5.30. The van der Waals surface area contributed by atoms with Gasteiger partial charge in [-0.25, -0.2) is 9.18 Å². The van der Waals surface area contributed by atoms with E-state index in [0.717, 1.165) is 12.8 Å². The Morgan fingerprint density at radius 1 is 1.29 bits per heavy atom. The summed E-state index contributed by atoms with van der Waals surface area (Å²) < 4.78 is 14.0. The quantitative estimate of drug-likeness (QED) is 0.818. The second-order valence-electron chi connectivity index (χ2n) is 6.96. The van der Waals surface area contributed by atoms with Crippen LogP contribution in [-0.4, -0.2) is 23.5 Å². The molecule has 24 heavy (non-hydrogen) atoms. The number of carbonyl (C=O) groups is 1. The summed E-state index contributed by atoms with van der Waals surface area (Å²) in [6, 6.07) is 11.1. The molecule has 0 unspecified atom stereocenters. The minimum absolute atomic E-state index is 0.0599. The molecule has 1 N–H and O–H groups in total. The summed E-state index contributed by atoms with van der Waals surface area (Å²) in [6.45, 7) is 4.95. The fourth-order valence-corrected chi connectivity index (χ4v) is 3.53. The van der Waals surface area contributed by atoms with E-state index in [1.54, 1.807) is 23.5 Å². The van der Waals surface area contributed by atoms with Crippen LogP contribution in [-0.2, 0) is 12.0 Å². The average molecular weight is 346 g/mol. The van der Waals surface area contributed by atoms with Crippen LogP contribution in [0.1, 0.15) is 37.1 Å². The summed E-state index contributed by atoms with van der Waals surface area (Å²) in [7, 11) is 0. The lowest BCUT2D eigenvalue weighted by Crippen LogP contribution is -2.45. The van der Waals surface area contributed by atoms with Gasteiger partial charge in [-0.2, -0.15) is 0 Å². The molecule has 1 aromatic heterocycles. The molecule has 1 aliphatic rings. The van der Waals surface area contributed by atoms with Gasteiger partial charge in [0.2, 0.25) is 0 Å². The summed E-state index contributed by atoms with van der Waals surface area (Å²) in [5, 5.41) is 5.03. The predicted octanol–water partition coefficient (Wildman–Crippen LogP) is 4.54. The van der Waals surface area contributed by atoms with E-state index < -0.39 is 5.41 Å². The lowest BCUT2D eigenvalue weighted by Gasteiger charge is -2.29. The molecule has 3 rings (SSSR count). The largest absolute Gasteiger partial charge is 0.337 e. The molecule has 0 radical (unpaired) electrons. The molecular formula is C19H23FN2OS. The number of amides is 2. The highest BCUT2D eigenvalue weighted by atomic mass is 32.1. The zero-order chi connectivity index (χ0) is 17.2. The molecular weight excluding hydrogens is 323 g/mol. The third kappa shape index (κ3) is 3.96. The fraction of sp³-hybridized carbons (Fsp3) is 0.421. The summed E-state index contributed by atoms with van der Waals surface area (Å²) in [5.41, 5.74) is 0.167. The summed E-state index contributed by atoms with van der Waals surface area (Å²) >= 11 is 1.67. The third-order valence-electron chi connectivity index (χ3n) is 4.44. The van der Waals surface area contributed by atoms with Gasteiger partial charge in [-0.3, -0.25) is 0 Å². The highest BCUT2D eigenvalue weighted by Crippen LogP contribution is 2.30. The summed E-state index contributed by atoms with van der Waals surface area (Å²) in [5.74, 6) is -0.227. The molecule has 1 aliphatic carbocycles. The molecule has 2 aromatic rings. The number of halogens is 1. The van der Waals surface area contributed by atoms with Crippen LogP contribution in [0.4, 0.5) is 9.18 Å². The van der Waals surface area contributed by atoms with Crippen LogP contribution >= 0.6 is 11.3 Å². The van der Waals surface area contributed by atoms with Gasteiger partial charge in [-0.15, -0.1) is 11.3 Å². The van der Waals surface area contributed by atoms with Crippen LogP contribution in [0.2, 0.25) is 0 Å². The molecule has 1 saturated carbocycles. The molecule has 1 heterocycles. The molecule has 0 saturated heterocycles. The first-order chi connectivity index (χ1) is 11.5. The number of hydrogen-bond acceptors (Lipinski definition) is 2. The van der Waals surface area contributed by atoms with Crippen molar-refractivity contribution >= 4 is 17.4 Å². The van der Waals surface area contributed by atoms with E-state index in [0.29, 0.717) is 24.7 Å². The number of hydrogen-bond donors (Lipinski definition) is 1. The van der Waals surface area contributed by atoms with Crippen molar-refractivity contribution < 1.29 is 9.18 Å². The van der Waals surface area contributed by atoms with Crippen LogP contribution in [0.5, 0.6) is 0 Å². The average Bonchev–Trinajstić information content (AvgIpc) is 3.27. The Labute approximate surface area is 146 Å². The van der Waals surface area contributed by atoms with Crippen LogP contribution < -0.4 is 5.32 Å². The van der Waals surface area contributed by atoms with Crippen molar-refractivity contribution in [2.45, 2.75) is 44.7 Å². The van der Waals surface area contributed by atoms with Gasteiger partial charge in [0.15, 0.2) is 0 Å². The predicted molar refractivity (Wildman–Crippen MR) is 95.7 cm³/mol. The van der Waals surface area contributed by atoms with Gasteiger partial charge in [-0.05, 0) is 35.9 Å². The number of thiophene rings is 1. The van der Waals surface area contributed by atoms with Crippen molar-refractivity contribution in [3.63, 3.8) is 0 Å². The molecule has 0 aliphatic heterocycles. The number of nitrogens with zero attached hydrogens (tertiary/aromatic N) is 1. The summed E-state index contributed by atoms with van der Waals surface area (Å²) in [6.07, 6.45) is 2.13. The molecule has 128 valence electrons. The molecule has 0 bridgehead atoms. The van der Waals surface area contributed by atoms with Gasteiger partial charge in [0.05, 0.1) is 6.54 Å². The van der Waals surface area contributed by atoms with E-state index in [1.165, 1.54) is 10.9 Å². The van der Waals surface area contributed by atoms with Crippen molar-refractivity contribution in [1.29, 1.82) is 0 Å². The van der Waals surface area contributed by atoms with Crippen LogP contribution in [0, 0.1) is 5.82 Å². The maximum atomic E-state index is 14.0. The molecule has 5 heteroatoms. The Hall–Kier alpha value is -1.88. The standard InChI is InChI=1S/C19H23FN2OS/c1-19(2,16-7-3-4-8-17(16)20)13-21-18(23)22(14-9-10-14)12-15-6-5-11-24-15/h3-8,11,14H,9-10,12-13H2,1-2H3,(H,21,23). The molecule has 1 aromatic carbocycles. The SMILES string of the molecule is CC(C)(CNC(=O)N(Cc1cccs1)C1CC1)c1ccccc1F. The maximum Gasteiger partial charge on any atom is 0.318 e. The van der Waals surface area contributed by atoms with E-state index in [9.17, 15) is 9.18 Å². The number of benzene rings is 1. The lowest BCUT2D eigenvalue weighted by molar-refractivity contribution is 0.190. The number of nitrogens with one attached hydrogen (secondary N) is 1. The monoisotopic (exact) mass is 346 g/mol. The first kappa shape index (κ1) is 17.0. The maximum absolute atomic E-state index is 14.0. The second kappa shape index (κ2) is 6.93. The normalized spacial score (nSPS) is 14.5. The molecule has 2 amide bonds. The highest BCUT2D eigenvalue weighted by Gasteiger charge is 2.34. The molecule has 0 atom stereocenters. The van der Waals surface area contributed by atoms with Crippen molar-refractivity contribution in [1.82, 2.24) is 10.2 Å². The van der Waals surface area contributed by atoms with Crippen molar-refractivity contribution in [2.24, 2.45) is 0 Å². The number of carbonyl (C=O) groups excluding carboxylic acids is 1. The number of urea groups is 1. The molecule has 1 fully saturated rings. The van der Waals surface area contributed by atoms with E-state index in [2.05, 4.69) is 11.4 Å². The zero-order valence-electron chi connectivity index (χ0n) is 14.1. The van der Waals surface area contributed by atoms with Gasteiger partial charge < -0.3 is 10.2 Å². The van der Waals surface area contributed by atoms with Gasteiger partial charge in [0.25, 0.3) is 0 Å². The van der Waals surface area contributed by atoms with Crippen LogP contribution in [0.25, 0.3) is 0 Å². The fourth-order valence-electron chi connectivity index (χ4n) is 2.83. The first-order valence-corrected chi connectivity index (χ1v) is 9.17. The Kier molecular flexibility index (Phi) is 4.90. The van der Waals surface area contributed by atoms with Crippen molar-refractivity contribution in [3.05, 3.63) is 58.0 Å². The van der Waals surface area contributed by atoms with E-state index in [1.807, 2.05) is 36.3 Å². The van der Waals surface area contributed by atoms with Gasteiger partial charge in [0, 0.05) is 22.9 Å². The van der Waals surface area contributed by atoms with E-state index >= 15 is 0 Å². The van der Waals surface area contributed by atoms with Crippen LogP contribution in [0.15, 0.2) is 41.8 Å². The first-order valence-electron chi connectivity index (χ1n) is 8.29. The van der Waals surface area contributed by atoms with Gasteiger partial charge in [-0.1, -0.05) is 38.1 Å². The van der Waals surface area contributed by atoms with Crippen molar-refractivity contribution in [2.75, 3.05) is 6.54 Å². The Balaban J connectivity index is 1.64. The molecule has 0 spiro atoms. The smallest absolute Gasteiger partial charge is 0.318 e. The van der Waals surface area contributed by atoms with E-state index in [-0.39, 0.29) is 11.8 Å². The van der Waals surface area contributed by atoms with E-state index in [4.69, 9.17) is 0 Å². The minimum atomic E-state index is -0.459. The van der Waals surface area contributed by atoms with Crippen molar-refractivity contribution in [3.8, 4) is 0 Å².